The Bertz CT molecular complexity index is 745. The highest BCUT2D eigenvalue weighted by Gasteiger charge is 2.22. The summed E-state index contributed by atoms with van der Waals surface area (Å²) in [7, 11) is -1.04. The molecule has 1 heterocycles. The van der Waals surface area contributed by atoms with Crippen molar-refractivity contribution in [3.63, 3.8) is 0 Å². The van der Waals surface area contributed by atoms with Gasteiger partial charge in [0.15, 0.2) is 0 Å². The van der Waals surface area contributed by atoms with Gasteiger partial charge in [0.05, 0.1) is 14.2 Å². The smallest absolute Gasteiger partial charge is 0.268 e. The van der Waals surface area contributed by atoms with E-state index >= 15 is 0 Å². The molecule has 0 aliphatic heterocycles. The molecule has 0 amide bonds. The van der Waals surface area contributed by atoms with Gasteiger partial charge in [-0.05, 0) is 17.9 Å². The Hall–Kier alpha value is -1.94. The molecule has 120 valence electrons. The molecular formula is C12H16N4O4S2. The van der Waals surface area contributed by atoms with Crippen LogP contribution < -0.4 is 14.2 Å². The Morgan fingerprint density at radius 1 is 1.32 bits per heavy atom. The number of methoxy groups -OCH3 is 2. The minimum Gasteiger partial charge on any atom is -0.497 e. The lowest BCUT2D eigenvalue weighted by atomic mass is 10.3. The van der Waals surface area contributed by atoms with E-state index in [1.165, 1.54) is 38.1 Å². The third-order valence-electron chi connectivity index (χ3n) is 2.63. The van der Waals surface area contributed by atoms with Crippen LogP contribution in [0, 0.1) is 0 Å². The van der Waals surface area contributed by atoms with Crippen LogP contribution in [0.5, 0.6) is 11.5 Å². The molecule has 2 rings (SSSR count). The number of nitrogens with zero attached hydrogens (tertiary/aromatic N) is 2. The SMILES string of the molecule is CCSc1n[nH]c(NS(=O)(=O)c2cc(OC)ccc2OC)n1. The average Bonchev–Trinajstić information content (AvgIpc) is 2.93. The topological polar surface area (TPSA) is 106 Å². The number of hydrogen-bond acceptors (Lipinski definition) is 7. The van der Waals surface area contributed by atoms with Gasteiger partial charge in [0.1, 0.15) is 16.4 Å². The fraction of sp³-hybridized carbons (Fsp3) is 0.333. The second-order valence-electron chi connectivity index (χ2n) is 4.02. The molecule has 0 aliphatic carbocycles. The van der Waals surface area contributed by atoms with E-state index in [1.54, 1.807) is 6.07 Å². The van der Waals surface area contributed by atoms with E-state index in [-0.39, 0.29) is 16.6 Å². The molecule has 0 saturated carbocycles. The number of aromatic amines is 1. The quantitative estimate of drug-likeness (QED) is 0.737. The Morgan fingerprint density at radius 2 is 2.09 bits per heavy atom. The van der Waals surface area contributed by atoms with Crippen molar-refractivity contribution in [2.75, 3.05) is 24.7 Å². The third-order valence-corrected chi connectivity index (χ3v) is 4.72. The molecule has 0 aliphatic rings. The minimum absolute atomic E-state index is 0.0424. The standard InChI is InChI=1S/C12H16N4O4S2/c1-4-21-12-13-11(14-15-12)16-22(17,18)10-7-8(19-2)5-6-9(10)20-3/h5-7H,4H2,1-3H3,(H2,13,14,15,16). The zero-order valence-corrected chi connectivity index (χ0v) is 13.9. The first-order valence-corrected chi connectivity index (χ1v) is 8.77. The van der Waals surface area contributed by atoms with E-state index in [0.717, 1.165) is 5.75 Å². The molecule has 22 heavy (non-hydrogen) atoms. The van der Waals surface area contributed by atoms with E-state index in [9.17, 15) is 8.42 Å². The first kappa shape index (κ1) is 16.4. The highest BCUT2D eigenvalue weighted by atomic mass is 32.2. The van der Waals surface area contributed by atoms with E-state index in [4.69, 9.17) is 9.47 Å². The molecule has 0 unspecified atom stereocenters. The monoisotopic (exact) mass is 344 g/mol. The summed E-state index contributed by atoms with van der Waals surface area (Å²) in [5.41, 5.74) is 0. The first-order valence-electron chi connectivity index (χ1n) is 6.30. The number of sulfonamides is 1. The lowest BCUT2D eigenvalue weighted by molar-refractivity contribution is 0.392. The second kappa shape index (κ2) is 6.88. The third kappa shape index (κ3) is 3.63. The second-order valence-corrected chi connectivity index (χ2v) is 6.90. The Morgan fingerprint density at radius 3 is 2.73 bits per heavy atom. The van der Waals surface area contributed by atoms with Crippen LogP contribution in [0.4, 0.5) is 5.95 Å². The summed E-state index contributed by atoms with van der Waals surface area (Å²) >= 11 is 1.40. The number of nitrogens with one attached hydrogen (secondary N) is 2. The molecule has 0 spiro atoms. The molecule has 0 bridgehead atoms. The summed E-state index contributed by atoms with van der Waals surface area (Å²) in [6, 6.07) is 4.51. The zero-order chi connectivity index (χ0) is 16.2. The Kier molecular flexibility index (Phi) is 5.14. The maximum absolute atomic E-state index is 12.5. The van der Waals surface area contributed by atoms with Crippen molar-refractivity contribution in [2.45, 2.75) is 17.0 Å². The van der Waals surface area contributed by atoms with Crippen molar-refractivity contribution in [1.82, 2.24) is 15.2 Å². The van der Waals surface area contributed by atoms with E-state index in [1.807, 2.05) is 6.92 Å². The maximum Gasteiger partial charge on any atom is 0.268 e. The van der Waals surface area contributed by atoms with Gasteiger partial charge in [-0.2, -0.15) is 4.98 Å². The van der Waals surface area contributed by atoms with Gasteiger partial charge in [0.25, 0.3) is 10.0 Å². The summed E-state index contributed by atoms with van der Waals surface area (Å²) in [6.07, 6.45) is 0. The van der Waals surface area contributed by atoms with Crippen LogP contribution in [-0.4, -0.2) is 43.6 Å². The molecule has 2 N–H and O–H groups in total. The van der Waals surface area contributed by atoms with E-state index in [2.05, 4.69) is 19.9 Å². The minimum atomic E-state index is -3.89. The average molecular weight is 344 g/mol. The number of rotatable bonds is 7. The van der Waals surface area contributed by atoms with Crippen LogP contribution in [0.1, 0.15) is 6.92 Å². The van der Waals surface area contributed by atoms with Gasteiger partial charge in [0, 0.05) is 6.07 Å². The number of hydrogen-bond donors (Lipinski definition) is 2. The molecule has 0 radical (unpaired) electrons. The van der Waals surface area contributed by atoms with E-state index < -0.39 is 10.0 Å². The van der Waals surface area contributed by atoms with Crippen molar-refractivity contribution < 1.29 is 17.9 Å². The van der Waals surface area contributed by atoms with Crippen LogP contribution in [0.25, 0.3) is 0 Å². The fourth-order valence-electron chi connectivity index (χ4n) is 1.66. The summed E-state index contributed by atoms with van der Waals surface area (Å²) in [5.74, 6) is 1.44. The number of H-pyrrole nitrogens is 1. The number of ether oxygens (including phenoxy) is 2. The highest BCUT2D eigenvalue weighted by Crippen LogP contribution is 2.29. The number of thioether (sulfide) groups is 1. The molecule has 2 aromatic rings. The summed E-state index contributed by atoms with van der Waals surface area (Å²) in [6.45, 7) is 1.95. The molecule has 0 atom stereocenters. The number of benzene rings is 1. The fourth-order valence-corrected chi connectivity index (χ4v) is 3.33. The van der Waals surface area contributed by atoms with Crippen LogP contribution in [-0.2, 0) is 10.0 Å². The van der Waals surface area contributed by atoms with Crippen LogP contribution in [0.2, 0.25) is 0 Å². The Labute approximate surface area is 132 Å². The van der Waals surface area contributed by atoms with Crippen molar-refractivity contribution in [2.24, 2.45) is 0 Å². The van der Waals surface area contributed by atoms with Gasteiger partial charge in [0.2, 0.25) is 11.1 Å². The molecule has 10 heteroatoms. The lowest BCUT2D eigenvalue weighted by Crippen LogP contribution is -2.15. The summed E-state index contributed by atoms with van der Waals surface area (Å²) < 4.78 is 37.4. The highest BCUT2D eigenvalue weighted by molar-refractivity contribution is 7.99. The van der Waals surface area contributed by atoms with Gasteiger partial charge >= 0.3 is 0 Å². The van der Waals surface area contributed by atoms with Crippen molar-refractivity contribution >= 4 is 27.7 Å². The predicted octanol–water partition coefficient (Wildman–Crippen LogP) is 1.73. The van der Waals surface area contributed by atoms with Gasteiger partial charge in [-0.15, -0.1) is 5.10 Å². The van der Waals surface area contributed by atoms with Crippen LogP contribution in [0.3, 0.4) is 0 Å². The maximum atomic E-state index is 12.5. The summed E-state index contributed by atoms with van der Waals surface area (Å²) in [5, 5.41) is 6.91. The lowest BCUT2D eigenvalue weighted by Gasteiger charge is -2.11. The molecule has 8 nitrogen and oxygen atoms in total. The molecule has 0 fully saturated rings. The first-order chi connectivity index (χ1) is 10.5. The van der Waals surface area contributed by atoms with Gasteiger partial charge in [-0.25, -0.2) is 18.2 Å². The van der Waals surface area contributed by atoms with Gasteiger partial charge in [-0.1, -0.05) is 18.7 Å². The van der Waals surface area contributed by atoms with Gasteiger partial charge < -0.3 is 9.47 Å². The van der Waals surface area contributed by atoms with Gasteiger partial charge in [-0.3, -0.25) is 0 Å². The van der Waals surface area contributed by atoms with Crippen molar-refractivity contribution in [3.8, 4) is 11.5 Å². The zero-order valence-electron chi connectivity index (χ0n) is 12.3. The van der Waals surface area contributed by atoms with Crippen molar-refractivity contribution in [3.05, 3.63) is 18.2 Å². The van der Waals surface area contributed by atoms with Crippen LogP contribution >= 0.6 is 11.8 Å². The normalized spacial score (nSPS) is 11.2. The number of anilines is 1. The molecule has 1 aromatic carbocycles. The van der Waals surface area contributed by atoms with Crippen molar-refractivity contribution in [1.29, 1.82) is 0 Å². The van der Waals surface area contributed by atoms with E-state index in [0.29, 0.717) is 10.9 Å². The molecule has 0 saturated heterocycles. The number of aromatic nitrogens is 3. The largest absolute Gasteiger partial charge is 0.497 e. The Balaban J connectivity index is 2.32. The predicted molar refractivity (Wildman–Crippen MR) is 83.1 cm³/mol. The summed E-state index contributed by atoms with van der Waals surface area (Å²) in [4.78, 5) is 4.00. The van der Waals surface area contributed by atoms with Crippen LogP contribution in [0.15, 0.2) is 28.3 Å². The molecule has 1 aromatic heterocycles. The molecular weight excluding hydrogens is 328 g/mol.